The molecular formula is C18H22N2O2. The van der Waals surface area contributed by atoms with Gasteiger partial charge in [-0.05, 0) is 30.7 Å². The lowest BCUT2D eigenvalue weighted by molar-refractivity contribution is -0.124. The van der Waals surface area contributed by atoms with Crippen molar-refractivity contribution in [3.05, 3.63) is 59.7 Å². The molecule has 0 spiro atoms. The van der Waals surface area contributed by atoms with Crippen molar-refractivity contribution in [2.75, 3.05) is 6.54 Å². The molecule has 4 heteroatoms. The van der Waals surface area contributed by atoms with Crippen molar-refractivity contribution in [2.24, 2.45) is 11.7 Å². The summed E-state index contributed by atoms with van der Waals surface area (Å²) in [5.41, 5.74) is 7.55. The molecule has 0 saturated carbocycles. The molecule has 2 aromatic carbocycles. The SMILES string of the molecule is Cc1ccc(CNC(=O)C(C)CN)c(Oc2ccccc2)c1. The van der Waals surface area contributed by atoms with Crippen LogP contribution in [0.2, 0.25) is 0 Å². The Morgan fingerprint density at radius 2 is 1.95 bits per heavy atom. The van der Waals surface area contributed by atoms with Gasteiger partial charge in [0.15, 0.2) is 0 Å². The number of carbonyl (C=O) groups excluding carboxylic acids is 1. The number of nitrogens with one attached hydrogen (secondary N) is 1. The fraction of sp³-hybridized carbons (Fsp3) is 0.278. The quantitative estimate of drug-likeness (QED) is 0.861. The summed E-state index contributed by atoms with van der Waals surface area (Å²) < 4.78 is 5.93. The van der Waals surface area contributed by atoms with E-state index in [4.69, 9.17) is 10.5 Å². The van der Waals surface area contributed by atoms with Gasteiger partial charge in [-0.15, -0.1) is 0 Å². The molecule has 1 amide bonds. The summed E-state index contributed by atoms with van der Waals surface area (Å²) in [5.74, 6) is 1.29. The second-order valence-electron chi connectivity index (χ2n) is 5.38. The molecule has 4 nitrogen and oxygen atoms in total. The number of carbonyl (C=O) groups is 1. The van der Waals surface area contributed by atoms with Crippen molar-refractivity contribution in [3.8, 4) is 11.5 Å². The van der Waals surface area contributed by atoms with E-state index in [0.717, 1.165) is 22.6 Å². The second kappa shape index (κ2) is 7.61. The summed E-state index contributed by atoms with van der Waals surface area (Å²) in [4.78, 5) is 11.9. The van der Waals surface area contributed by atoms with Gasteiger partial charge >= 0.3 is 0 Å². The van der Waals surface area contributed by atoms with E-state index in [1.54, 1.807) is 0 Å². The Morgan fingerprint density at radius 1 is 1.23 bits per heavy atom. The minimum atomic E-state index is -0.191. The number of nitrogens with two attached hydrogens (primary N) is 1. The third kappa shape index (κ3) is 4.33. The van der Waals surface area contributed by atoms with Crippen LogP contribution < -0.4 is 15.8 Å². The number of rotatable bonds is 6. The van der Waals surface area contributed by atoms with Crippen LogP contribution >= 0.6 is 0 Å². The molecule has 1 unspecified atom stereocenters. The molecule has 3 N–H and O–H groups in total. The van der Waals surface area contributed by atoms with E-state index >= 15 is 0 Å². The zero-order valence-electron chi connectivity index (χ0n) is 13.0. The van der Waals surface area contributed by atoms with E-state index in [-0.39, 0.29) is 11.8 Å². The van der Waals surface area contributed by atoms with Gasteiger partial charge in [-0.3, -0.25) is 4.79 Å². The predicted molar refractivity (Wildman–Crippen MR) is 87.8 cm³/mol. The largest absolute Gasteiger partial charge is 0.457 e. The molecule has 0 bridgehead atoms. The smallest absolute Gasteiger partial charge is 0.224 e. The Hall–Kier alpha value is -2.33. The molecule has 0 aromatic heterocycles. The first-order valence-electron chi connectivity index (χ1n) is 7.40. The van der Waals surface area contributed by atoms with Gasteiger partial charge in [0.1, 0.15) is 11.5 Å². The standard InChI is InChI=1S/C18H22N2O2/c1-13-8-9-15(12-20-18(21)14(2)11-19)17(10-13)22-16-6-4-3-5-7-16/h3-10,14H,11-12,19H2,1-2H3,(H,20,21). The second-order valence-corrected chi connectivity index (χ2v) is 5.38. The van der Waals surface area contributed by atoms with Crippen molar-refractivity contribution >= 4 is 5.91 Å². The molecule has 0 radical (unpaired) electrons. The molecule has 0 fully saturated rings. The van der Waals surface area contributed by atoms with Gasteiger partial charge in [-0.1, -0.05) is 37.3 Å². The van der Waals surface area contributed by atoms with Gasteiger partial charge in [-0.25, -0.2) is 0 Å². The first-order chi connectivity index (χ1) is 10.6. The summed E-state index contributed by atoms with van der Waals surface area (Å²) in [6.07, 6.45) is 0. The third-order valence-electron chi connectivity index (χ3n) is 3.45. The summed E-state index contributed by atoms with van der Waals surface area (Å²) in [6, 6.07) is 15.6. The highest BCUT2D eigenvalue weighted by molar-refractivity contribution is 5.78. The zero-order valence-corrected chi connectivity index (χ0v) is 13.0. The number of aryl methyl sites for hydroxylation is 1. The van der Waals surface area contributed by atoms with E-state index in [9.17, 15) is 4.79 Å². The molecule has 116 valence electrons. The number of hydrogen-bond acceptors (Lipinski definition) is 3. The van der Waals surface area contributed by atoms with E-state index < -0.39 is 0 Å². The number of ether oxygens (including phenoxy) is 1. The topological polar surface area (TPSA) is 64.4 Å². The molecule has 22 heavy (non-hydrogen) atoms. The summed E-state index contributed by atoms with van der Waals surface area (Å²) in [6.45, 7) is 4.58. The molecule has 0 heterocycles. The Bertz CT molecular complexity index is 626. The van der Waals surface area contributed by atoms with Crippen molar-refractivity contribution in [1.29, 1.82) is 0 Å². The van der Waals surface area contributed by atoms with Crippen LogP contribution in [0.25, 0.3) is 0 Å². The molecular weight excluding hydrogens is 276 g/mol. The van der Waals surface area contributed by atoms with Crippen LogP contribution in [0.3, 0.4) is 0 Å². The molecule has 0 aliphatic heterocycles. The highest BCUT2D eigenvalue weighted by atomic mass is 16.5. The lowest BCUT2D eigenvalue weighted by atomic mass is 10.1. The lowest BCUT2D eigenvalue weighted by Gasteiger charge is -2.14. The fourth-order valence-electron chi connectivity index (χ4n) is 1.98. The molecule has 0 saturated heterocycles. The summed E-state index contributed by atoms with van der Waals surface area (Å²) >= 11 is 0. The Morgan fingerprint density at radius 3 is 2.64 bits per heavy atom. The van der Waals surface area contributed by atoms with Crippen LogP contribution in [0.1, 0.15) is 18.1 Å². The Labute approximate surface area is 131 Å². The van der Waals surface area contributed by atoms with Crippen molar-refractivity contribution in [2.45, 2.75) is 20.4 Å². The van der Waals surface area contributed by atoms with Crippen molar-refractivity contribution < 1.29 is 9.53 Å². The highest BCUT2D eigenvalue weighted by Crippen LogP contribution is 2.26. The zero-order chi connectivity index (χ0) is 15.9. The van der Waals surface area contributed by atoms with Gasteiger partial charge in [-0.2, -0.15) is 0 Å². The van der Waals surface area contributed by atoms with Crippen LogP contribution in [0.4, 0.5) is 0 Å². The first-order valence-corrected chi connectivity index (χ1v) is 7.40. The van der Waals surface area contributed by atoms with E-state index in [1.165, 1.54) is 0 Å². The minimum absolute atomic E-state index is 0.0475. The minimum Gasteiger partial charge on any atom is -0.457 e. The molecule has 0 aliphatic carbocycles. The maximum absolute atomic E-state index is 11.9. The molecule has 2 aromatic rings. The molecule has 0 aliphatic rings. The van der Waals surface area contributed by atoms with Crippen LogP contribution in [0.15, 0.2) is 48.5 Å². The van der Waals surface area contributed by atoms with Gasteiger partial charge < -0.3 is 15.8 Å². The summed E-state index contributed by atoms with van der Waals surface area (Å²) in [5, 5.41) is 2.90. The Balaban J connectivity index is 2.12. The van der Waals surface area contributed by atoms with Gasteiger partial charge in [0.05, 0.1) is 0 Å². The third-order valence-corrected chi connectivity index (χ3v) is 3.45. The molecule has 1 atom stereocenters. The lowest BCUT2D eigenvalue weighted by Crippen LogP contribution is -2.32. The monoisotopic (exact) mass is 298 g/mol. The van der Waals surface area contributed by atoms with E-state index in [1.807, 2.05) is 62.4 Å². The Kier molecular flexibility index (Phi) is 5.55. The van der Waals surface area contributed by atoms with Crippen LogP contribution in [-0.2, 0) is 11.3 Å². The number of benzene rings is 2. The van der Waals surface area contributed by atoms with Gasteiger partial charge in [0.25, 0.3) is 0 Å². The maximum Gasteiger partial charge on any atom is 0.224 e. The first kappa shape index (κ1) is 16.0. The van der Waals surface area contributed by atoms with Gasteiger partial charge in [0, 0.05) is 24.6 Å². The number of para-hydroxylation sites is 1. The van der Waals surface area contributed by atoms with Crippen LogP contribution in [-0.4, -0.2) is 12.5 Å². The highest BCUT2D eigenvalue weighted by Gasteiger charge is 2.12. The number of amides is 1. The number of hydrogen-bond donors (Lipinski definition) is 2. The maximum atomic E-state index is 11.9. The van der Waals surface area contributed by atoms with Crippen LogP contribution in [0, 0.1) is 12.8 Å². The fourth-order valence-corrected chi connectivity index (χ4v) is 1.98. The van der Waals surface area contributed by atoms with Gasteiger partial charge in [0.2, 0.25) is 5.91 Å². The van der Waals surface area contributed by atoms with Crippen molar-refractivity contribution in [1.82, 2.24) is 5.32 Å². The van der Waals surface area contributed by atoms with E-state index in [2.05, 4.69) is 5.32 Å². The van der Waals surface area contributed by atoms with E-state index in [0.29, 0.717) is 13.1 Å². The normalized spacial score (nSPS) is 11.8. The predicted octanol–water partition coefficient (Wildman–Crippen LogP) is 3.00. The van der Waals surface area contributed by atoms with Crippen molar-refractivity contribution in [3.63, 3.8) is 0 Å². The average molecular weight is 298 g/mol. The average Bonchev–Trinajstić information content (AvgIpc) is 2.54. The summed E-state index contributed by atoms with van der Waals surface area (Å²) in [7, 11) is 0. The van der Waals surface area contributed by atoms with Crippen LogP contribution in [0.5, 0.6) is 11.5 Å². The molecule has 2 rings (SSSR count).